The number of imidazole rings is 1. The van der Waals surface area contributed by atoms with E-state index < -0.39 is 0 Å². The molecule has 16 heavy (non-hydrogen) atoms. The first-order valence-electron chi connectivity index (χ1n) is 4.86. The molecule has 0 aliphatic carbocycles. The second-order valence-electron chi connectivity index (χ2n) is 3.32. The molecule has 0 fully saturated rings. The molecular formula is C10H12BrN5. The van der Waals surface area contributed by atoms with Crippen LogP contribution in [0.4, 0.5) is 11.5 Å². The summed E-state index contributed by atoms with van der Waals surface area (Å²) < 4.78 is 2.87. The highest BCUT2D eigenvalue weighted by Gasteiger charge is 2.00. The Balaban J connectivity index is 1.90. The molecule has 2 heterocycles. The fourth-order valence-corrected chi connectivity index (χ4v) is 1.67. The molecule has 0 aromatic carbocycles. The number of hydrogen-bond acceptors (Lipinski definition) is 4. The molecule has 0 saturated carbocycles. The van der Waals surface area contributed by atoms with Gasteiger partial charge in [-0.05, 0) is 22.0 Å². The van der Waals surface area contributed by atoms with Gasteiger partial charge in [0.2, 0.25) is 0 Å². The molecule has 2 rings (SSSR count). The van der Waals surface area contributed by atoms with Gasteiger partial charge in [-0.2, -0.15) is 0 Å². The summed E-state index contributed by atoms with van der Waals surface area (Å²) in [6.07, 6.45) is 7.17. The molecular weight excluding hydrogens is 270 g/mol. The van der Waals surface area contributed by atoms with E-state index in [2.05, 4.69) is 31.2 Å². The predicted molar refractivity (Wildman–Crippen MR) is 67.1 cm³/mol. The van der Waals surface area contributed by atoms with Crippen LogP contribution in [-0.4, -0.2) is 21.1 Å². The summed E-state index contributed by atoms with van der Waals surface area (Å²) in [5.74, 6) is 0.711. The maximum Gasteiger partial charge on any atom is 0.149 e. The van der Waals surface area contributed by atoms with Crippen molar-refractivity contribution in [2.45, 2.75) is 6.54 Å². The standard InChI is InChI=1S/C10H12BrN5/c11-8-5-9(12)10(15-6-8)14-2-4-16-3-1-13-7-16/h1,3,5-7H,2,4,12H2,(H,14,15). The van der Waals surface area contributed by atoms with Crippen molar-refractivity contribution in [2.75, 3.05) is 17.6 Å². The van der Waals surface area contributed by atoms with Crippen LogP contribution in [0.2, 0.25) is 0 Å². The maximum atomic E-state index is 5.81. The van der Waals surface area contributed by atoms with Gasteiger partial charge in [0.1, 0.15) is 5.82 Å². The van der Waals surface area contributed by atoms with Crippen molar-refractivity contribution in [1.82, 2.24) is 14.5 Å². The Hall–Kier alpha value is -1.56. The van der Waals surface area contributed by atoms with E-state index in [1.54, 1.807) is 18.7 Å². The molecule has 0 bridgehead atoms. The van der Waals surface area contributed by atoms with E-state index in [9.17, 15) is 0 Å². The van der Waals surface area contributed by atoms with Crippen molar-refractivity contribution in [3.8, 4) is 0 Å². The Labute approximate surface area is 102 Å². The number of nitrogens with zero attached hydrogens (tertiary/aromatic N) is 3. The van der Waals surface area contributed by atoms with Crippen LogP contribution in [0, 0.1) is 0 Å². The summed E-state index contributed by atoms with van der Waals surface area (Å²) in [5.41, 5.74) is 6.45. The van der Waals surface area contributed by atoms with E-state index in [0.717, 1.165) is 17.6 Å². The number of halogens is 1. The summed E-state index contributed by atoms with van der Waals surface area (Å²) in [4.78, 5) is 8.15. The zero-order chi connectivity index (χ0) is 11.4. The molecule has 0 aliphatic heterocycles. The third-order valence-electron chi connectivity index (χ3n) is 2.11. The van der Waals surface area contributed by atoms with Gasteiger partial charge in [-0.3, -0.25) is 0 Å². The van der Waals surface area contributed by atoms with E-state index in [4.69, 9.17) is 5.73 Å². The quantitative estimate of drug-likeness (QED) is 0.896. The van der Waals surface area contributed by atoms with Gasteiger partial charge < -0.3 is 15.6 Å². The van der Waals surface area contributed by atoms with E-state index in [1.807, 2.05) is 16.8 Å². The summed E-state index contributed by atoms with van der Waals surface area (Å²) in [6, 6.07) is 1.83. The van der Waals surface area contributed by atoms with Crippen LogP contribution >= 0.6 is 15.9 Å². The molecule has 84 valence electrons. The van der Waals surface area contributed by atoms with E-state index in [1.165, 1.54) is 0 Å². The summed E-state index contributed by atoms with van der Waals surface area (Å²) in [6.45, 7) is 1.59. The first-order chi connectivity index (χ1) is 7.75. The topological polar surface area (TPSA) is 68.8 Å². The number of hydrogen-bond donors (Lipinski definition) is 2. The molecule has 3 N–H and O–H groups in total. The fraction of sp³-hybridized carbons (Fsp3) is 0.200. The molecule has 0 amide bonds. The second-order valence-corrected chi connectivity index (χ2v) is 4.23. The number of nitrogens with one attached hydrogen (secondary N) is 1. The molecule has 0 atom stereocenters. The third kappa shape index (κ3) is 2.73. The number of nitrogen functional groups attached to an aromatic ring is 1. The SMILES string of the molecule is Nc1cc(Br)cnc1NCCn1ccnc1. The molecule has 2 aromatic rings. The van der Waals surface area contributed by atoms with Gasteiger partial charge in [-0.1, -0.05) is 0 Å². The fourth-order valence-electron chi connectivity index (χ4n) is 1.33. The summed E-state index contributed by atoms with van der Waals surface area (Å²) in [7, 11) is 0. The third-order valence-corrected chi connectivity index (χ3v) is 2.54. The van der Waals surface area contributed by atoms with Gasteiger partial charge in [-0.25, -0.2) is 9.97 Å². The molecule has 6 heteroatoms. The van der Waals surface area contributed by atoms with Crippen LogP contribution in [0.3, 0.4) is 0 Å². The molecule has 2 aromatic heterocycles. The average Bonchev–Trinajstić information content (AvgIpc) is 2.74. The Morgan fingerprint density at radius 2 is 2.38 bits per heavy atom. The van der Waals surface area contributed by atoms with Crippen LogP contribution in [0.15, 0.2) is 35.5 Å². The van der Waals surface area contributed by atoms with Crippen molar-refractivity contribution < 1.29 is 0 Å². The van der Waals surface area contributed by atoms with Crippen molar-refractivity contribution in [3.63, 3.8) is 0 Å². The Morgan fingerprint density at radius 3 is 3.06 bits per heavy atom. The number of rotatable bonds is 4. The maximum absolute atomic E-state index is 5.81. The molecule has 0 aliphatic rings. The zero-order valence-corrected chi connectivity index (χ0v) is 10.2. The predicted octanol–water partition coefficient (Wildman–Crippen LogP) is 1.73. The lowest BCUT2D eigenvalue weighted by Crippen LogP contribution is -2.11. The van der Waals surface area contributed by atoms with Gasteiger partial charge in [-0.15, -0.1) is 0 Å². The summed E-state index contributed by atoms with van der Waals surface area (Å²) >= 11 is 3.31. The first-order valence-corrected chi connectivity index (χ1v) is 5.65. The average molecular weight is 282 g/mol. The smallest absolute Gasteiger partial charge is 0.149 e. The highest BCUT2D eigenvalue weighted by molar-refractivity contribution is 9.10. The lowest BCUT2D eigenvalue weighted by Gasteiger charge is -2.08. The monoisotopic (exact) mass is 281 g/mol. The number of nitrogens with two attached hydrogens (primary N) is 1. The Bertz CT molecular complexity index is 454. The van der Waals surface area contributed by atoms with Gasteiger partial charge in [0, 0.05) is 36.2 Å². The molecule has 0 radical (unpaired) electrons. The van der Waals surface area contributed by atoms with E-state index in [0.29, 0.717) is 11.5 Å². The summed E-state index contributed by atoms with van der Waals surface area (Å²) in [5, 5.41) is 3.17. The van der Waals surface area contributed by atoms with Crippen molar-refractivity contribution >= 4 is 27.4 Å². The number of pyridine rings is 1. The van der Waals surface area contributed by atoms with Gasteiger partial charge in [0.05, 0.1) is 12.0 Å². The largest absolute Gasteiger partial charge is 0.396 e. The second kappa shape index (κ2) is 4.98. The zero-order valence-electron chi connectivity index (χ0n) is 8.60. The molecule has 0 unspecified atom stereocenters. The van der Waals surface area contributed by atoms with Crippen molar-refractivity contribution in [2.24, 2.45) is 0 Å². The normalized spacial score (nSPS) is 10.3. The Morgan fingerprint density at radius 1 is 1.50 bits per heavy atom. The minimum absolute atomic E-state index is 0.639. The van der Waals surface area contributed by atoms with Crippen LogP contribution in [0.25, 0.3) is 0 Å². The first kappa shape index (κ1) is 10.9. The molecule has 5 nitrogen and oxygen atoms in total. The minimum Gasteiger partial charge on any atom is -0.396 e. The van der Waals surface area contributed by atoms with Crippen molar-refractivity contribution in [3.05, 3.63) is 35.5 Å². The van der Waals surface area contributed by atoms with Gasteiger partial charge in [0.15, 0.2) is 0 Å². The van der Waals surface area contributed by atoms with Crippen LogP contribution < -0.4 is 11.1 Å². The van der Waals surface area contributed by atoms with Crippen LogP contribution in [0.5, 0.6) is 0 Å². The minimum atomic E-state index is 0.639. The van der Waals surface area contributed by atoms with Crippen LogP contribution in [0.1, 0.15) is 0 Å². The van der Waals surface area contributed by atoms with Crippen LogP contribution in [-0.2, 0) is 6.54 Å². The Kier molecular flexibility index (Phi) is 3.40. The van der Waals surface area contributed by atoms with Crippen molar-refractivity contribution in [1.29, 1.82) is 0 Å². The molecule has 0 saturated heterocycles. The number of anilines is 2. The van der Waals surface area contributed by atoms with E-state index in [-0.39, 0.29) is 0 Å². The number of aromatic nitrogens is 3. The lowest BCUT2D eigenvalue weighted by molar-refractivity contribution is 0.725. The highest BCUT2D eigenvalue weighted by Crippen LogP contribution is 2.19. The van der Waals surface area contributed by atoms with E-state index >= 15 is 0 Å². The van der Waals surface area contributed by atoms with Gasteiger partial charge in [0.25, 0.3) is 0 Å². The lowest BCUT2D eigenvalue weighted by atomic mass is 10.4. The highest BCUT2D eigenvalue weighted by atomic mass is 79.9. The van der Waals surface area contributed by atoms with Gasteiger partial charge >= 0.3 is 0 Å². The molecule has 0 spiro atoms.